The first-order valence-corrected chi connectivity index (χ1v) is 10.7. The monoisotopic (exact) mass is 415 g/mol. The van der Waals surface area contributed by atoms with E-state index in [0.29, 0.717) is 31.0 Å². The quantitative estimate of drug-likeness (QED) is 0.612. The first kappa shape index (κ1) is 21.2. The lowest BCUT2D eigenvalue weighted by Crippen LogP contribution is -2.27. The number of hydrogen-bond donors (Lipinski definition) is 1. The third-order valence-electron chi connectivity index (χ3n) is 4.38. The van der Waals surface area contributed by atoms with Crippen LogP contribution in [0.2, 0.25) is 0 Å². The van der Waals surface area contributed by atoms with E-state index in [-0.39, 0.29) is 16.9 Å². The van der Waals surface area contributed by atoms with Gasteiger partial charge in [-0.2, -0.15) is 10.1 Å². The first-order chi connectivity index (χ1) is 13.5. The Balaban J connectivity index is 1.59. The largest absolute Gasteiger partial charge is 0.339 e. The Morgan fingerprint density at radius 3 is 2.62 bits per heavy atom. The molecule has 0 aromatic carbocycles. The van der Waals surface area contributed by atoms with E-state index in [9.17, 15) is 4.79 Å². The minimum atomic E-state index is -0.228. The van der Waals surface area contributed by atoms with Crippen molar-refractivity contribution in [2.24, 2.45) is 0 Å². The summed E-state index contributed by atoms with van der Waals surface area (Å²) in [6, 6.07) is 5.87. The van der Waals surface area contributed by atoms with Gasteiger partial charge in [-0.1, -0.05) is 32.0 Å². The summed E-state index contributed by atoms with van der Waals surface area (Å²) in [5.41, 5.74) is 0.636. The molecule has 156 valence electrons. The van der Waals surface area contributed by atoms with Gasteiger partial charge in [0.15, 0.2) is 0 Å². The summed E-state index contributed by atoms with van der Waals surface area (Å²) in [5.74, 6) is 1.83. The number of nitrogens with zero attached hydrogens (tertiary/aromatic N) is 4. The third kappa shape index (κ3) is 5.32. The molecule has 8 heteroatoms. The molecule has 1 N–H and O–H groups in total. The highest BCUT2D eigenvalue weighted by Gasteiger charge is 2.25. The zero-order valence-corrected chi connectivity index (χ0v) is 18.8. The van der Waals surface area contributed by atoms with Gasteiger partial charge >= 0.3 is 0 Å². The van der Waals surface area contributed by atoms with Crippen molar-refractivity contribution in [1.29, 1.82) is 0 Å². The number of carbonyl (C=O) groups excluding carboxylic acids is 1. The Morgan fingerprint density at radius 2 is 2.00 bits per heavy atom. The minimum absolute atomic E-state index is 0.0474. The van der Waals surface area contributed by atoms with Crippen LogP contribution in [0.5, 0.6) is 0 Å². The average molecular weight is 416 g/mol. The van der Waals surface area contributed by atoms with Crippen LogP contribution >= 0.6 is 11.3 Å². The molecule has 0 aliphatic heterocycles. The van der Waals surface area contributed by atoms with Crippen molar-refractivity contribution >= 4 is 23.1 Å². The molecule has 3 rings (SSSR count). The second-order valence-electron chi connectivity index (χ2n) is 9.14. The van der Waals surface area contributed by atoms with Crippen LogP contribution in [0.3, 0.4) is 0 Å². The third-order valence-corrected chi connectivity index (χ3v) is 5.25. The summed E-state index contributed by atoms with van der Waals surface area (Å²) in [7, 11) is 0. The molecule has 0 fully saturated rings. The predicted octanol–water partition coefficient (Wildman–Crippen LogP) is 5.01. The lowest BCUT2D eigenvalue weighted by Gasteiger charge is -2.23. The maximum absolute atomic E-state index is 12.5. The summed E-state index contributed by atoms with van der Waals surface area (Å²) in [6.07, 6.45) is 1.57. The maximum Gasteiger partial charge on any atom is 0.226 e. The number of hydrogen-bond acceptors (Lipinski definition) is 6. The Labute approximate surface area is 175 Å². The molecule has 0 atom stereocenters. The van der Waals surface area contributed by atoms with Crippen molar-refractivity contribution in [1.82, 2.24) is 19.9 Å². The summed E-state index contributed by atoms with van der Waals surface area (Å²) in [5, 5.41) is 13.7. The lowest BCUT2D eigenvalue weighted by molar-refractivity contribution is -0.116. The molecule has 0 bridgehead atoms. The topological polar surface area (TPSA) is 85.8 Å². The van der Waals surface area contributed by atoms with E-state index >= 15 is 0 Å². The molecule has 3 aromatic heterocycles. The number of amides is 1. The number of aryl methyl sites for hydroxylation is 1. The normalized spacial score (nSPS) is 12.3. The smallest absolute Gasteiger partial charge is 0.226 e. The average Bonchev–Trinajstić information content (AvgIpc) is 3.33. The van der Waals surface area contributed by atoms with Crippen molar-refractivity contribution in [2.75, 3.05) is 5.32 Å². The van der Waals surface area contributed by atoms with Crippen molar-refractivity contribution in [2.45, 2.75) is 71.8 Å². The molecule has 0 radical (unpaired) electrons. The Morgan fingerprint density at radius 1 is 1.24 bits per heavy atom. The summed E-state index contributed by atoms with van der Waals surface area (Å²) >= 11 is 1.57. The van der Waals surface area contributed by atoms with Gasteiger partial charge in [-0.3, -0.25) is 4.79 Å². The van der Waals surface area contributed by atoms with Crippen molar-refractivity contribution < 1.29 is 9.32 Å². The van der Waals surface area contributed by atoms with E-state index in [0.717, 1.165) is 16.4 Å². The molecule has 3 heterocycles. The molecule has 0 aliphatic carbocycles. The fraction of sp³-hybridized carbons (Fsp3) is 0.524. The fourth-order valence-corrected chi connectivity index (χ4v) is 3.47. The van der Waals surface area contributed by atoms with E-state index in [1.165, 1.54) is 0 Å². The van der Waals surface area contributed by atoms with Gasteiger partial charge in [0.2, 0.25) is 17.6 Å². The summed E-state index contributed by atoms with van der Waals surface area (Å²) < 4.78 is 7.18. The van der Waals surface area contributed by atoms with Gasteiger partial charge in [-0.05, 0) is 38.6 Å². The van der Waals surface area contributed by atoms with E-state index in [4.69, 9.17) is 9.62 Å². The van der Waals surface area contributed by atoms with Gasteiger partial charge in [-0.15, -0.1) is 11.3 Å². The molecule has 0 aliphatic rings. The number of thiophene rings is 1. The molecular formula is C21H29N5O2S. The Hall–Kier alpha value is -2.48. The first-order valence-electron chi connectivity index (χ1n) is 9.81. The van der Waals surface area contributed by atoms with Gasteiger partial charge < -0.3 is 9.84 Å². The molecule has 3 aromatic rings. The zero-order valence-electron chi connectivity index (χ0n) is 17.9. The van der Waals surface area contributed by atoms with Crippen LogP contribution in [0.25, 0.3) is 10.7 Å². The summed E-state index contributed by atoms with van der Waals surface area (Å²) in [4.78, 5) is 17.9. The van der Waals surface area contributed by atoms with E-state index < -0.39 is 0 Å². The SMILES string of the molecule is CC(C)(C)c1cc(NC(=O)CCCc2nc(-c3cccs3)no2)n(C(C)(C)C)n1. The second-order valence-corrected chi connectivity index (χ2v) is 10.1. The van der Waals surface area contributed by atoms with Crippen molar-refractivity contribution in [3.8, 4) is 10.7 Å². The van der Waals surface area contributed by atoms with E-state index in [2.05, 4.69) is 57.0 Å². The van der Waals surface area contributed by atoms with Gasteiger partial charge in [0.25, 0.3) is 0 Å². The molecule has 1 amide bonds. The molecular weight excluding hydrogens is 386 g/mol. The van der Waals surface area contributed by atoms with E-state index in [1.54, 1.807) is 11.3 Å². The van der Waals surface area contributed by atoms with Crippen LogP contribution in [-0.2, 0) is 22.2 Å². The Bertz CT molecular complexity index is 958. The Kier molecular flexibility index (Phi) is 5.93. The van der Waals surface area contributed by atoms with Gasteiger partial charge in [0, 0.05) is 24.3 Å². The van der Waals surface area contributed by atoms with Crippen LogP contribution in [0.4, 0.5) is 5.82 Å². The highest BCUT2D eigenvalue weighted by atomic mass is 32.1. The summed E-state index contributed by atoms with van der Waals surface area (Å²) in [6.45, 7) is 12.6. The second kappa shape index (κ2) is 8.10. The lowest BCUT2D eigenvalue weighted by atomic mass is 9.92. The van der Waals surface area contributed by atoms with Gasteiger partial charge in [-0.25, -0.2) is 4.68 Å². The number of anilines is 1. The van der Waals surface area contributed by atoms with Crippen molar-refractivity contribution in [3.63, 3.8) is 0 Å². The number of nitrogens with one attached hydrogen (secondary N) is 1. The highest BCUT2D eigenvalue weighted by molar-refractivity contribution is 7.13. The molecule has 0 unspecified atom stereocenters. The standard InChI is InChI=1S/C21H29N5O2S/c1-20(2,3)15-13-16(26(24-15)21(4,5)6)22-17(27)10-7-11-18-23-19(25-28-18)14-9-8-12-29-14/h8-9,12-13H,7,10-11H2,1-6H3,(H,22,27). The van der Waals surface area contributed by atoms with Crippen molar-refractivity contribution in [3.05, 3.63) is 35.2 Å². The molecule has 0 saturated carbocycles. The number of carbonyl (C=O) groups is 1. The molecule has 0 spiro atoms. The van der Waals surface area contributed by atoms with Crippen LogP contribution in [0.1, 0.15) is 66.0 Å². The highest BCUT2D eigenvalue weighted by Crippen LogP contribution is 2.28. The number of rotatable bonds is 6. The van der Waals surface area contributed by atoms with Crippen LogP contribution < -0.4 is 5.32 Å². The van der Waals surface area contributed by atoms with Crippen LogP contribution in [0.15, 0.2) is 28.1 Å². The molecule has 7 nitrogen and oxygen atoms in total. The maximum atomic E-state index is 12.5. The fourth-order valence-electron chi connectivity index (χ4n) is 2.82. The van der Waals surface area contributed by atoms with Gasteiger partial charge in [0.05, 0.1) is 16.1 Å². The van der Waals surface area contributed by atoms with E-state index in [1.807, 2.05) is 28.3 Å². The van der Waals surface area contributed by atoms with Gasteiger partial charge in [0.1, 0.15) is 5.82 Å². The number of aromatic nitrogens is 4. The van der Waals surface area contributed by atoms with Crippen LogP contribution in [-0.4, -0.2) is 25.8 Å². The molecule has 29 heavy (non-hydrogen) atoms. The molecule has 0 saturated heterocycles. The predicted molar refractivity (Wildman–Crippen MR) is 115 cm³/mol. The minimum Gasteiger partial charge on any atom is -0.339 e. The van der Waals surface area contributed by atoms with Crippen LogP contribution in [0, 0.1) is 0 Å². The zero-order chi connectivity index (χ0) is 21.2.